The Morgan fingerprint density at radius 2 is 2.20 bits per heavy atom. The highest BCUT2D eigenvalue weighted by atomic mass is 32.1. The van der Waals surface area contributed by atoms with Gasteiger partial charge in [-0.3, -0.25) is 0 Å². The van der Waals surface area contributed by atoms with E-state index in [-0.39, 0.29) is 12.4 Å². The zero-order valence-corrected chi connectivity index (χ0v) is 8.87. The van der Waals surface area contributed by atoms with Crippen molar-refractivity contribution >= 4 is 11.3 Å². The summed E-state index contributed by atoms with van der Waals surface area (Å²) >= 11 is 1.52. The fourth-order valence-electron chi connectivity index (χ4n) is 1.34. The normalized spacial score (nSPS) is 10.5. The third-order valence-electron chi connectivity index (χ3n) is 2.03. The number of aromatic hydroxyl groups is 1. The van der Waals surface area contributed by atoms with E-state index in [1.165, 1.54) is 11.3 Å². The molecule has 0 spiro atoms. The van der Waals surface area contributed by atoms with Crippen LogP contribution in [0.2, 0.25) is 0 Å². The van der Waals surface area contributed by atoms with E-state index in [1.807, 2.05) is 17.5 Å². The molecule has 0 fully saturated rings. The highest BCUT2D eigenvalue weighted by Crippen LogP contribution is 2.17. The maximum atomic E-state index is 9.29. The first kappa shape index (κ1) is 10.1. The van der Waals surface area contributed by atoms with Gasteiger partial charge in [-0.1, -0.05) is 12.1 Å². The minimum atomic E-state index is -0.0173. The van der Waals surface area contributed by atoms with Gasteiger partial charge in [0.2, 0.25) is 0 Å². The third kappa shape index (κ3) is 2.55. The van der Waals surface area contributed by atoms with Crippen molar-refractivity contribution in [2.24, 2.45) is 0 Å². The van der Waals surface area contributed by atoms with E-state index in [0.29, 0.717) is 12.1 Å². The molecule has 0 atom stereocenters. The monoisotopic (exact) mass is 221 g/mol. The molecule has 1 aromatic carbocycles. The van der Waals surface area contributed by atoms with Crippen LogP contribution < -0.4 is 0 Å². The van der Waals surface area contributed by atoms with Gasteiger partial charge >= 0.3 is 0 Å². The molecule has 0 bridgehead atoms. The van der Waals surface area contributed by atoms with E-state index < -0.39 is 0 Å². The summed E-state index contributed by atoms with van der Waals surface area (Å²) in [4.78, 5) is 4.24. The van der Waals surface area contributed by atoms with E-state index in [0.717, 1.165) is 10.6 Å². The summed E-state index contributed by atoms with van der Waals surface area (Å²) in [5.74, 6) is 0.270. The van der Waals surface area contributed by atoms with Gasteiger partial charge in [0.1, 0.15) is 5.75 Å². The lowest BCUT2D eigenvalue weighted by atomic mass is 10.1. The molecular formula is C11H11NO2S. The van der Waals surface area contributed by atoms with E-state index in [2.05, 4.69) is 4.98 Å². The molecule has 0 aliphatic carbocycles. The number of aliphatic hydroxyl groups excluding tert-OH is 1. The third-order valence-corrected chi connectivity index (χ3v) is 2.92. The number of nitrogens with zero attached hydrogens (tertiary/aromatic N) is 1. The molecule has 0 radical (unpaired) electrons. The molecule has 1 aromatic heterocycles. The summed E-state index contributed by atoms with van der Waals surface area (Å²) in [6.45, 7) is -0.0173. The van der Waals surface area contributed by atoms with Gasteiger partial charge in [0.25, 0.3) is 0 Å². The standard InChI is InChI=1S/C11H11NO2S/c13-6-9-7-15-11(12-9)5-8-2-1-3-10(14)4-8/h1-4,7,13-14H,5-6H2. The fraction of sp³-hybridized carbons (Fsp3) is 0.182. The van der Waals surface area contributed by atoms with Crippen molar-refractivity contribution in [1.29, 1.82) is 0 Å². The molecule has 0 amide bonds. The number of rotatable bonds is 3. The lowest BCUT2D eigenvalue weighted by Crippen LogP contribution is -1.88. The average molecular weight is 221 g/mol. The molecule has 2 aromatic rings. The number of phenolic OH excluding ortho intramolecular Hbond substituents is 1. The van der Waals surface area contributed by atoms with Crippen molar-refractivity contribution in [3.63, 3.8) is 0 Å². The number of aromatic nitrogens is 1. The number of hydrogen-bond donors (Lipinski definition) is 2. The second-order valence-electron chi connectivity index (χ2n) is 3.24. The summed E-state index contributed by atoms with van der Waals surface area (Å²) in [6, 6.07) is 7.12. The first-order valence-corrected chi connectivity index (χ1v) is 5.48. The van der Waals surface area contributed by atoms with Gasteiger partial charge in [0.05, 0.1) is 17.3 Å². The molecule has 0 saturated heterocycles. The average Bonchev–Trinajstić information content (AvgIpc) is 2.65. The molecule has 0 aliphatic heterocycles. The molecule has 4 heteroatoms. The molecule has 2 rings (SSSR count). The first-order valence-electron chi connectivity index (χ1n) is 4.60. The zero-order chi connectivity index (χ0) is 10.7. The van der Waals surface area contributed by atoms with Crippen molar-refractivity contribution in [2.75, 3.05) is 0 Å². The Bertz CT molecular complexity index is 453. The lowest BCUT2D eigenvalue weighted by Gasteiger charge is -1.98. The topological polar surface area (TPSA) is 53.4 Å². The highest BCUT2D eigenvalue weighted by Gasteiger charge is 2.02. The fourth-order valence-corrected chi connectivity index (χ4v) is 2.16. The molecule has 15 heavy (non-hydrogen) atoms. The van der Waals surface area contributed by atoms with Gasteiger partial charge in [-0.2, -0.15) is 0 Å². The lowest BCUT2D eigenvalue weighted by molar-refractivity contribution is 0.277. The van der Waals surface area contributed by atoms with E-state index in [9.17, 15) is 5.11 Å². The molecule has 0 aliphatic rings. The molecule has 0 unspecified atom stereocenters. The van der Waals surface area contributed by atoms with Crippen LogP contribution in [0.1, 0.15) is 16.3 Å². The zero-order valence-electron chi connectivity index (χ0n) is 8.05. The number of thiazole rings is 1. The molecule has 3 nitrogen and oxygen atoms in total. The Kier molecular flexibility index (Phi) is 2.99. The Morgan fingerprint density at radius 1 is 1.33 bits per heavy atom. The Hall–Kier alpha value is -1.39. The van der Waals surface area contributed by atoms with Crippen LogP contribution in [-0.2, 0) is 13.0 Å². The molecule has 78 valence electrons. The number of aliphatic hydroxyl groups is 1. The highest BCUT2D eigenvalue weighted by molar-refractivity contribution is 7.09. The van der Waals surface area contributed by atoms with E-state index in [1.54, 1.807) is 12.1 Å². The van der Waals surface area contributed by atoms with Crippen molar-refractivity contribution < 1.29 is 10.2 Å². The maximum Gasteiger partial charge on any atom is 0.115 e. The SMILES string of the molecule is OCc1csc(Cc2cccc(O)c2)n1. The molecule has 2 N–H and O–H groups in total. The van der Waals surface area contributed by atoms with Gasteiger partial charge in [-0.15, -0.1) is 11.3 Å². The Labute approximate surface area is 91.7 Å². The van der Waals surface area contributed by atoms with Crippen LogP contribution in [0.25, 0.3) is 0 Å². The van der Waals surface area contributed by atoms with Gasteiger partial charge in [-0.25, -0.2) is 4.98 Å². The Morgan fingerprint density at radius 3 is 2.87 bits per heavy atom. The second-order valence-corrected chi connectivity index (χ2v) is 4.18. The molecular weight excluding hydrogens is 210 g/mol. The van der Waals surface area contributed by atoms with Crippen molar-refractivity contribution in [2.45, 2.75) is 13.0 Å². The largest absolute Gasteiger partial charge is 0.508 e. The van der Waals surface area contributed by atoms with Crippen LogP contribution in [-0.4, -0.2) is 15.2 Å². The van der Waals surface area contributed by atoms with Crippen LogP contribution in [0.5, 0.6) is 5.75 Å². The number of hydrogen-bond acceptors (Lipinski definition) is 4. The summed E-state index contributed by atoms with van der Waals surface area (Å²) < 4.78 is 0. The summed E-state index contributed by atoms with van der Waals surface area (Å²) in [7, 11) is 0. The van der Waals surface area contributed by atoms with Crippen LogP contribution in [0, 0.1) is 0 Å². The summed E-state index contributed by atoms with van der Waals surface area (Å²) in [6.07, 6.45) is 0.694. The van der Waals surface area contributed by atoms with Crippen LogP contribution >= 0.6 is 11.3 Å². The van der Waals surface area contributed by atoms with Gasteiger partial charge < -0.3 is 10.2 Å². The van der Waals surface area contributed by atoms with Gasteiger partial charge in [0.15, 0.2) is 0 Å². The van der Waals surface area contributed by atoms with Crippen LogP contribution in [0.15, 0.2) is 29.6 Å². The van der Waals surface area contributed by atoms with E-state index in [4.69, 9.17) is 5.11 Å². The minimum Gasteiger partial charge on any atom is -0.508 e. The minimum absolute atomic E-state index is 0.0173. The number of benzene rings is 1. The predicted octanol–water partition coefficient (Wildman–Crippen LogP) is 1.93. The van der Waals surface area contributed by atoms with Crippen molar-refractivity contribution in [1.82, 2.24) is 4.98 Å². The van der Waals surface area contributed by atoms with Crippen molar-refractivity contribution in [3.8, 4) is 5.75 Å². The summed E-state index contributed by atoms with van der Waals surface area (Å²) in [5.41, 5.74) is 1.73. The predicted molar refractivity (Wildman–Crippen MR) is 58.9 cm³/mol. The maximum absolute atomic E-state index is 9.29. The van der Waals surface area contributed by atoms with Gasteiger partial charge in [-0.05, 0) is 17.7 Å². The molecule has 0 saturated carbocycles. The smallest absolute Gasteiger partial charge is 0.115 e. The summed E-state index contributed by atoms with van der Waals surface area (Å²) in [5, 5.41) is 20.9. The number of phenols is 1. The van der Waals surface area contributed by atoms with Crippen molar-refractivity contribution in [3.05, 3.63) is 45.9 Å². The van der Waals surface area contributed by atoms with Crippen LogP contribution in [0.3, 0.4) is 0 Å². The van der Waals surface area contributed by atoms with Crippen LogP contribution in [0.4, 0.5) is 0 Å². The first-order chi connectivity index (χ1) is 7.28. The Balaban J connectivity index is 2.14. The van der Waals surface area contributed by atoms with E-state index >= 15 is 0 Å². The van der Waals surface area contributed by atoms with Gasteiger partial charge in [0, 0.05) is 11.8 Å². The molecule has 1 heterocycles. The quantitative estimate of drug-likeness (QED) is 0.832. The second kappa shape index (κ2) is 4.42.